The molecule has 0 aliphatic carbocycles. The van der Waals surface area contributed by atoms with E-state index in [1.165, 1.54) is 12.0 Å². The molecule has 5 nitrogen and oxygen atoms in total. The van der Waals surface area contributed by atoms with Gasteiger partial charge >= 0.3 is 0 Å². The van der Waals surface area contributed by atoms with Crippen LogP contribution in [0.25, 0.3) is 0 Å². The minimum atomic E-state index is 0.271. The molecule has 1 N–H and O–H groups in total. The molecule has 1 saturated heterocycles. The van der Waals surface area contributed by atoms with Crippen LogP contribution in [0.1, 0.15) is 36.8 Å². The van der Waals surface area contributed by atoms with Crippen molar-refractivity contribution in [3.63, 3.8) is 0 Å². The Hall–Kier alpha value is -2.30. The summed E-state index contributed by atoms with van der Waals surface area (Å²) >= 11 is 0. The molecule has 5 heteroatoms. The fourth-order valence-electron chi connectivity index (χ4n) is 3.55. The Morgan fingerprint density at radius 3 is 3.08 bits per heavy atom. The highest BCUT2D eigenvalue weighted by Crippen LogP contribution is 2.23. The standard InChI is InChI=1S/C20H27N3O2/c1-25-19-6-2-4-16(12-19)7-8-17-5-3-11-23(15-17)20(24)10-9-18-13-21-22-14-18/h2,4,6,12-14,17H,3,5,7-11,15H2,1H3,(H,21,22)/t17-/m1/s1. The maximum absolute atomic E-state index is 12.5. The number of hydrogen-bond donors (Lipinski definition) is 1. The second kappa shape index (κ2) is 8.70. The molecule has 1 aromatic heterocycles. The molecule has 1 atom stereocenters. The molecule has 0 saturated carbocycles. The quantitative estimate of drug-likeness (QED) is 0.841. The number of aromatic amines is 1. The second-order valence-corrected chi connectivity index (χ2v) is 6.84. The van der Waals surface area contributed by atoms with E-state index in [0.29, 0.717) is 12.3 Å². The summed E-state index contributed by atoms with van der Waals surface area (Å²) in [5.74, 6) is 1.78. The van der Waals surface area contributed by atoms with E-state index in [1.807, 2.05) is 18.3 Å². The van der Waals surface area contributed by atoms with Gasteiger partial charge < -0.3 is 9.64 Å². The van der Waals surface area contributed by atoms with Crippen molar-refractivity contribution in [2.24, 2.45) is 5.92 Å². The van der Waals surface area contributed by atoms with Gasteiger partial charge in [-0.3, -0.25) is 9.89 Å². The average Bonchev–Trinajstić information content (AvgIpc) is 3.18. The minimum Gasteiger partial charge on any atom is -0.497 e. The van der Waals surface area contributed by atoms with Gasteiger partial charge in [0.2, 0.25) is 5.91 Å². The van der Waals surface area contributed by atoms with Gasteiger partial charge in [0.25, 0.3) is 0 Å². The second-order valence-electron chi connectivity index (χ2n) is 6.84. The zero-order valence-corrected chi connectivity index (χ0v) is 14.9. The van der Waals surface area contributed by atoms with Gasteiger partial charge in [-0.05, 0) is 61.3 Å². The van der Waals surface area contributed by atoms with Crippen molar-refractivity contribution < 1.29 is 9.53 Å². The molecule has 0 radical (unpaired) electrons. The zero-order chi connectivity index (χ0) is 17.5. The van der Waals surface area contributed by atoms with Gasteiger partial charge in [-0.1, -0.05) is 12.1 Å². The Bertz CT molecular complexity index is 669. The molecule has 25 heavy (non-hydrogen) atoms. The fourth-order valence-corrected chi connectivity index (χ4v) is 3.55. The van der Waals surface area contributed by atoms with Crippen LogP contribution in [0.5, 0.6) is 5.75 Å². The van der Waals surface area contributed by atoms with Gasteiger partial charge in [0.05, 0.1) is 13.3 Å². The molecule has 2 aromatic rings. The molecule has 1 aromatic carbocycles. The molecule has 134 valence electrons. The first-order valence-corrected chi connectivity index (χ1v) is 9.13. The van der Waals surface area contributed by atoms with Crippen molar-refractivity contribution in [2.45, 2.75) is 38.5 Å². The molecule has 1 aliphatic rings. The van der Waals surface area contributed by atoms with Gasteiger partial charge in [-0.15, -0.1) is 0 Å². The topological polar surface area (TPSA) is 58.2 Å². The lowest BCUT2D eigenvalue weighted by Gasteiger charge is -2.33. The predicted molar refractivity (Wildman–Crippen MR) is 97.5 cm³/mol. The van der Waals surface area contributed by atoms with Gasteiger partial charge in [-0.2, -0.15) is 5.10 Å². The predicted octanol–water partition coefficient (Wildman–Crippen LogP) is 3.22. The monoisotopic (exact) mass is 341 g/mol. The van der Waals surface area contributed by atoms with Crippen LogP contribution in [0.3, 0.4) is 0 Å². The Morgan fingerprint density at radius 2 is 2.28 bits per heavy atom. The highest BCUT2D eigenvalue weighted by Gasteiger charge is 2.23. The summed E-state index contributed by atoms with van der Waals surface area (Å²) in [4.78, 5) is 14.5. The van der Waals surface area contributed by atoms with Crippen LogP contribution in [0.4, 0.5) is 0 Å². The van der Waals surface area contributed by atoms with Crippen LogP contribution < -0.4 is 4.74 Å². The molecule has 0 bridgehead atoms. The maximum atomic E-state index is 12.5. The van der Waals surface area contributed by atoms with Gasteiger partial charge in [0.1, 0.15) is 5.75 Å². The van der Waals surface area contributed by atoms with E-state index >= 15 is 0 Å². The maximum Gasteiger partial charge on any atom is 0.222 e. The van der Waals surface area contributed by atoms with E-state index < -0.39 is 0 Å². The number of likely N-dealkylation sites (tertiary alicyclic amines) is 1. The first-order chi connectivity index (χ1) is 12.2. The summed E-state index contributed by atoms with van der Waals surface area (Å²) < 4.78 is 5.29. The number of aromatic nitrogens is 2. The molecule has 0 spiro atoms. The van der Waals surface area contributed by atoms with E-state index in [2.05, 4.69) is 27.2 Å². The zero-order valence-electron chi connectivity index (χ0n) is 14.9. The average molecular weight is 341 g/mol. The third kappa shape index (κ3) is 5.08. The number of H-pyrrole nitrogens is 1. The van der Waals surface area contributed by atoms with Crippen molar-refractivity contribution in [2.75, 3.05) is 20.2 Å². The normalized spacial score (nSPS) is 17.5. The highest BCUT2D eigenvalue weighted by atomic mass is 16.5. The van der Waals surface area contributed by atoms with Crippen LogP contribution in [-0.2, 0) is 17.6 Å². The van der Waals surface area contributed by atoms with E-state index in [9.17, 15) is 4.79 Å². The lowest BCUT2D eigenvalue weighted by Crippen LogP contribution is -2.40. The number of rotatable bonds is 7. The van der Waals surface area contributed by atoms with Crippen molar-refractivity contribution in [3.05, 3.63) is 47.8 Å². The molecular formula is C20H27N3O2. The van der Waals surface area contributed by atoms with Gasteiger partial charge in [-0.25, -0.2) is 0 Å². The highest BCUT2D eigenvalue weighted by molar-refractivity contribution is 5.76. The smallest absolute Gasteiger partial charge is 0.222 e. The number of amides is 1. The number of aryl methyl sites for hydroxylation is 2. The number of carbonyl (C=O) groups excluding carboxylic acids is 1. The van der Waals surface area contributed by atoms with Crippen molar-refractivity contribution in [3.8, 4) is 5.75 Å². The number of hydrogen-bond acceptors (Lipinski definition) is 3. The summed E-state index contributed by atoms with van der Waals surface area (Å²) in [6.07, 6.45) is 9.48. The summed E-state index contributed by atoms with van der Waals surface area (Å²) in [5, 5.41) is 6.73. The van der Waals surface area contributed by atoms with E-state index in [4.69, 9.17) is 4.74 Å². The van der Waals surface area contributed by atoms with E-state index in [0.717, 1.165) is 50.1 Å². The molecule has 2 heterocycles. The third-order valence-corrected chi connectivity index (χ3v) is 5.03. The van der Waals surface area contributed by atoms with E-state index in [-0.39, 0.29) is 5.91 Å². The van der Waals surface area contributed by atoms with Gasteiger partial charge in [0.15, 0.2) is 0 Å². The van der Waals surface area contributed by atoms with Crippen LogP contribution >= 0.6 is 0 Å². The largest absolute Gasteiger partial charge is 0.497 e. The molecule has 1 aliphatic heterocycles. The van der Waals surface area contributed by atoms with Gasteiger partial charge in [0, 0.05) is 25.7 Å². The number of carbonyl (C=O) groups is 1. The SMILES string of the molecule is COc1cccc(CC[C@H]2CCCN(C(=O)CCc3cn[nH]c3)C2)c1. The summed E-state index contributed by atoms with van der Waals surface area (Å²) in [5.41, 5.74) is 2.41. The molecule has 1 amide bonds. The number of nitrogens with one attached hydrogen (secondary N) is 1. The number of nitrogens with zero attached hydrogens (tertiary/aromatic N) is 2. The van der Waals surface area contributed by atoms with Crippen LogP contribution in [-0.4, -0.2) is 41.2 Å². The number of benzene rings is 1. The fraction of sp³-hybridized carbons (Fsp3) is 0.500. The van der Waals surface area contributed by atoms with Crippen molar-refractivity contribution in [1.29, 1.82) is 0 Å². The minimum absolute atomic E-state index is 0.271. The van der Waals surface area contributed by atoms with Crippen LogP contribution in [0.15, 0.2) is 36.7 Å². The Morgan fingerprint density at radius 1 is 1.36 bits per heavy atom. The Labute approximate surface area is 149 Å². The van der Waals surface area contributed by atoms with Crippen LogP contribution in [0.2, 0.25) is 0 Å². The Balaban J connectivity index is 1.46. The summed E-state index contributed by atoms with van der Waals surface area (Å²) in [6, 6.07) is 8.28. The first kappa shape index (κ1) is 17.5. The Kier molecular flexibility index (Phi) is 6.09. The summed E-state index contributed by atoms with van der Waals surface area (Å²) in [7, 11) is 1.70. The summed E-state index contributed by atoms with van der Waals surface area (Å²) in [6.45, 7) is 1.80. The van der Waals surface area contributed by atoms with Crippen LogP contribution in [0, 0.1) is 5.92 Å². The molecule has 0 unspecified atom stereocenters. The number of methoxy groups -OCH3 is 1. The lowest BCUT2D eigenvalue weighted by molar-refractivity contribution is -0.133. The first-order valence-electron chi connectivity index (χ1n) is 9.13. The van der Waals surface area contributed by atoms with E-state index in [1.54, 1.807) is 13.3 Å². The molecule has 1 fully saturated rings. The van der Waals surface area contributed by atoms with Crippen molar-refractivity contribution in [1.82, 2.24) is 15.1 Å². The number of piperidine rings is 1. The molecular weight excluding hydrogens is 314 g/mol. The molecule has 3 rings (SSSR count). The third-order valence-electron chi connectivity index (χ3n) is 5.03. The number of ether oxygens (including phenoxy) is 1. The van der Waals surface area contributed by atoms with Crippen molar-refractivity contribution >= 4 is 5.91 Å². The lowest BCUT2D eigenvalue weighted by atomic mass is 9.91.